The first-order valence-electron chi connectivity index (χ1n) is 16.0. The minimum atomic E-state index is -1.21. The van der Waals surface area contributed by atoms with Gasteiger partial charge in [0.25, 0.3) is 5.91 Å². The Bertz CT molecular complexity index is 1600. The summed E-state index contributed by atoms with van der Waals surface area (Å²) in [6, 6.07) is 25.1. The van der Waals surface area contributed by atoms with Gasteiger partial charge < -0.3 is 25.2 Å². The molecule has 0 aliphatic carbocycles. The summed E-state index contributed by atoms with van der Waals surface area (Å²) in [5.74, 6) is -1.96. The smallest absolute Gasteiger partial charge is 0.305 e. The van der Waals surface area contributed by atoms with Crippen LogP contribution in [0.1, 0.15) is 88.2 Å². The molecule has 3 atom stereocenters. The van der Waals surface area contributed by atoms with E-state index in [0.29, 0.717) is 28.8 Å². The quantitative estimate of drug-likeness (QED) is 0.106. The molecular formula is C38H45FN2O5. The number of halogens is 1. The summed E-state index contributed by atoms with van der Waals surface area (Å²) in [4.78, 5) is 25.7. The van der Waals surface area contributed by atoms with Crippen molar-refractivity contribution in [2.24, 2.45) is 0 Å². The first-order chi connectivity index (χ1) is 21.9. The second-order valence-electron chi connectivity index (χ2n) is 12.6. The lowest BCUT2D eigenvalue weighted by Crippen LogP contribution is -2.38. The number of rotatable bonds is 15. The van der Waals surface area contributed by atoms with Crippen LogP contribution in [0.5, 0.6) is 0 Å². The van der Waals surface area contributed by atoms with Crippen LogP contribution in [0.3, 0.4) is 0 Å². The van der Waals surface area contributed by atoms with Gasteiger partial charge in [-0.2, -0.15) is 0 Å². The van der Waals surface area contributed by atoms with E-state index in [9.17, 15) is 29.3 Å². The van der Waals surface area contributed by atoms with Crippen LogP contribution in [0, 0.1) is 5.82 Å². The Kier molecular flexibility index (Phi) is 11.5. The Labute approximate surface area is 270 Å². The summed E-state index contributed by atoms with van der Waals surface area (Å²) in [5.41, 5.74) is 4.08. The molecule has 0 aliphatic rings. The lowest BCUT2D eigenvalue weighted by Gasteiger charge is -2.38. The zero-order chi connectivity index (χ0) is 33.4. The van der Waals surface area contributed by atoms with Crippen molar-refractivity contribution in [1.82, 2.24) is 4.57 Å². The van der Waals surface area contributed by atoms with Gasteiger partial charge in [-0.25, -0.2) is 4.39 Å². The molecule has 4 N–H and O–H groups in total. The molecule has 4 aromatic rings. The molecule has 1 aromatic heterocycles. The molecule has 0 radical (unpaired) electrons. The van der Waals surface area contributed by atoms with Gasteiger partial charge in [0.1, 0.15) is 5.82 Å². The topological polar surface area (TPSA) is 112 Å². The fourth-order valence-corrected chi connectivity index (χ4v) is 6.46. The fourth-order valence-electron chi connectivity index (χ4n) is 6.46. The van der Waals surface area contributed by atoms with E-state index in [1.807, 2.05) is 81.4 Å². The highest BCUT2D eigenvalue weighted by molar-refractivity contribution is 6.12. The van der Waals surface area contributed by atoms with Crippen molar-refractivity contribution in [1.29, 1.82) is 0 Å². The van der Waals surface area contributed by atoms with Gasteiger partial charge in [0.15, 0.2) is 0 Å². The van der Waals surface area contributed by atoms with Crippen LogP contribution in [0.15, 0.2) is 84.9 Å². The average Bonchev–Trinajstić information content (AvgIpc) is 3.38. The van der Waals surface area contributed by atoms with Crippen LogP contribution in [-0.2, 0) is 10.3 Å². The zero-order valence-electron chi connectivity index (χ0n) is 27.0. The third-order valence-electron chi connectivity index (χ3n) is 8.43. The van der Waals surface area contributed by atoms with Crippen molar-refractivity contribution in [3.05, 3.63) is 102 Å². The van der Waals surface area contributed by atoms with Crippen LogP contribution >= 0.6 is 0 Å². The summed E-state index contributed by atoms with van der Waals surface area (Å²) >= 11 is 0. The van der Waals surface area contributed by atoms with E-state index < -0.39 is 30.1 Å². The molecule has 7 nitrogen and oxygen atoms in total. The summed E-state index contributed by atoms with van der Waals surface area (Å²) in [6.07, 6.45) is -0.290. The third kappa shape index (κ3) is 8.11. The second-order valence-corrected chi connectivity index (χ2v) is 12.6. The average molecular weight is 629 g/mol. The van der Waals surface area contributed by atoms with Gasteiger partial charge in [-0.1, -0.05) is 82.1 Å². The van der Waals surface area contributed by atoms with Crippen LogP contribution in [0.4, 0.5) is 10.1 Å². The number of para-hydroxylation sites is 1. The zero-order valence-corrected chi connectivity index (χ0v) is 27.0. The monoisotopic (exact) mass is 628 g/mol. The molecule has 8 heteroatoms. The molecule has 0 aliphatic heterocycles. The van der Waals surface area contributed by atoms with E-state index in [4.69, 9.17) is 0 Å². The van der Waals surface area contributed by atoms with Crippen LogP contribution in [0.25, 0.3) is 22.4 Å². The van der Waals surface area contributed by atoms with Gasteiger partial charge in [0.2, 0.25) is 0 Å². The number of aromatic nitrogens is 1. The third-order valence-corrected chi connectivity index (χ3v) is 8.43. The molecule has 0 saturated heterocycles. The summed E-state index contributed by atoms with van der Waals surface area (Å²) < 4.78 is 16.5. The summed E-state index contributed by atoms with van der Waals surface area (Å²) in [5, 5.41) is 34.1. The highest BCUT2D eigenvalue weighted by Gasteiger charge is 2.39. The molecule has 244 valence electrons. The van der Waals surface area contributed by atoms with Crippen LogP contribution in [0.2, 0.25) is 0 Å². The van der Waals surface area contributed by atoms with E-state index in [-0.39, 0.29) is 30.5 Å². The Morgan fingerprint density at radius 2 is 1.50 bits per heavy atom. The maximum atomic E-state index is 14.5. The van der Waals surface area contributed by atoms with Gasteiger partial charge in [0, 0.05) is 22.5 Å². The molecule has 1 heterocycles. The number of unbranched alkanes of at least 4 members (excludes halogenated alkanes) is 1. The molecule has 4 rings (SSSR count). The van der Waals surface area contributed by atoms with Gasteiger partial charge in [0.05, 0.1) is 29.9 Å². The van der Waals surface area contributed by atoms with Crippen molar-refractivity contribution in [2.75, 3.05) is 5.32 Å². The van der Waals surface area contributed by atoms with Gasteiger partial charge in [-0.05, 0) is 79.6 Å². The van der Waals surface area contributed by atoms with Crippen molar-refractivity contribution >= 4 is 17.6 Å². The van der Waals surface area contributed by atoms with Crippen LogP contribution in [-0.4, -0.2) is 44.0 Å². The molecule has 0 saturated carbocycles. The number of carboxylic acid groups (broad SMARTS) is 1. The Hall–Kier alpha value is -4.27. The van der Waals surface area contributed by atoms with Crippen LogP contribution < -0.4 is 5.32 Å². The Balaban J connectivity index is 2.06. The number of hydrogen-bond donors (Lipinski definition) is 4. The number of nitrogens with zero attached hydrogens (tertiary/aromatic N) is 1. The minimum absolute atomic E-state index is 0.106. The van der Waals surface area contributed by atoms with Crippen molar-refractivity contribution in [3.8, 4) is 22.4 Å². The molecular weight excluding hydrogens is 583 g/mol. The first-order valence-corrected chi connectivity index (χ1v) is 16.0. The standard InChI is InChI=1S/C38H45FN2O5/c1-5-6-21-38(4,24-31(43)22-30(42)23-32(44)45)41-35(25(2)3)34(37(46)40-29-15-11-8-12-16-29)33(26-13-9-7-10-14-26)36(41)27-17-19-28(39)20-18-27/h7-20,25,30-31,42-43H,5-6,21-24H2,1-4H3,(H,40,46)(H,44,45)/t30-,31+,38?/m1/s1. The molecule has 1 unspecified atom stereocenters. The lowest BCUT2D eigenvalue weighted by molar-refractivity contribution is -0.139. The number of carbonyl (C=O) groups is 2. The second kappa shape index (κ2) is 15.3. The number of hydrogen-bond acceptors (Lipinski definition) is 4. The van der Waals surface area contributed by atoms with E-state index >= 15 is 0 Å². The number of aliphatic hydroxyl groups is 2. The largest absolute Gasteiger partial charge is 0.481 e. The number of carboxylic acids is 1. The summed E-state index contributed by atoms with van der Waals surface area (Å²) in [7, 11) is 0. The Morgan fingerprint density at radius 1 is 0.891 bits per heavy atom. The number of amides is 1. The number of anilines is 1. The molecule has 0 fully saturated rings. The van der Waals surface area contributed by atoms with Gasteiger partial charge in [-0.3, -0.25) is 9.59 Å². The maximum Gasteiger partial charge on any atom is 0.305 e. The molecule has 1 amide bonds. The number of carbonyl (C=O) groups excluding carboxylic acids is 1. The maximum absolute atomic E-state index is 14.5. The molecule has 46 heavy (non-hydrogen) atoms. The highest BCUT2D eigenvalue weighted by atomic mass is 19.1. The van der Waals surface area contributed by atoms with E-state index in [1.165, 1.54) is 12.1 Å². The predicted octanol–water partition coefficient (Wildman–Crippen LogP) is 8.22. The Morgan fingerprint density at radius 3 is 2.07 bits per heavy atom. The fraction of sp³-hybridized carbons (Fsp3) is 0.368. The van der Waals surface area contributed by atoms with Gasteiger partial charge in [-0.15, -0.1) is 0 Å². The molecule has 3 aromatic carbocycles. The highest BCUT2D eigenvalue weighted by Crippen LogP contribution is 2.47. The first kappa shape index (κ1) is 34.6. The van der Waals surface area contributed by atoms with Gasteiger partial charge >= 0.3 is 5.97 Å². The van der Waals surface area contributed by atoms with Crippen molar-refractivity contribution < 1.29 is 29.3 Å². The summed E-state index contributed by atoms with van der Waals surface area (Å²) in [6.45, 7) is 8.19. The number of nitrogens with one attached hydrogen (secondary N) is 1. The van der Waals surface area contributed by atoms with Crippen molar-refractivity contribution in [2.45, 2.75) is 89.9 Å². The molecule has 0 bridgehead atoms. The predicted molar refractivity (Wildman–Crippen MR) is 180 cm³/mol. The van der Waals surface area contributed by atoms with E-state index in [1.54, 1.807) is 12.1 Å². The lowest BCUT2D eigenvalue weighted by atomic mass is 9.85. The number of benzene rings is 3. The minimum Gasteiger partial charge on any atom is -0.481 e. The van der Waals surface area contributed by atoms with Crippen molar-refractivity contribution in [3.63, 3.8) is 0 Å². The number of aliphatic carboxylic acids is 1. The van der Waals surface area contributed by atoms with E-state index in [0.717, 1.165) is 29.8 Å². The normalized spacial score (nSPS) is 14.1. The number of aliphatic hydroxyl groups excluding tert-OH is 2. The van der Waals surface area contributed by atoms with E-state index in [2.05, 4.69) is 16.8 Å². The molecule has 0 spiro atoms. The SMILES string of the molecule is CCCCC(C)(C[C@@H](O)C[C@@H](O)CC(=O)O)n1c(-c2ccc(F)cc2)c(-c2ccccc2)c(C(=O)Nc2ccccc2)c1C(C)C.